The van der Waals surface area contributed by atoms with Gasteiger partial charge in [0, 0.05) is 38.4 Å². The van der Waals surface area contributed by atoms with Crippen LogP contribution in [0.15, 0.2) is 31.0 Å². The maximum Gasteiger partial charge on any atom is 0.213 e. The van der Waals surface area contributed by atoms with Gasteiger partial charge in [0.2, 0.25) is 5.88 Å². The highest BCUT2D eigenvalue weighted by molar-refractivity contribution is 5.18. The molecule has 5 nitrogen and oxygen atoms in total. The Balaban J connectivity index is 1.52. The first-order valence-corrected chi connectivity index (χ1v) is 9.58. The second-order valence-corrected chi connectivity index (χ2v) is 7.01. The van der Waals surface area contributed by atoms with Crippen molar-refractivity contribution in [1.82, 2.24) is 14.8 Å². The van der Waals surface area contributed by atoms with E-state index in [0.717, 1.165) is 58.1 Å². The fraction of sp³-hybridized carbons (Fsp3) is 0.650. The van der Waals surface area contributed by atoms with E-state index in [9.17, 15) is 0 Å². The minimum Gasteiger partial charge on any atom is -0.473 e. The maximum atomic E-state index is 6.19. The van der Waals surface area contributed by atoms with Crippen molar-refractivity contribution in [3.8, 4) is 5.88 Å². The van der Waals surface area contributed by atoms with Crippen LogP contribution in [0.5, 0.6) is 5.88 Å². The molecule has 138 valence electrons. The maximum absolute atomic E-state index is 6.19. The molecule has 2 aliphatic heterocycles. The van der Waals surface area contributed by atoms with Gasteiger partial charge in [0.25, 0.3) is 0 Å². The lowest BCUT2D eigenvalue weighted by Crippen LogP contribution is -2.35. The first-order valence-electron chi connectivity index (χ1n) is 9.58. The molecular weight excluding hydrogens is 314 g/mol. The number of aromatic nitrogens is 1. The summed E-state index contributed by atoms with van der Waals surface area (Å²) < 4.78 is 11.6. The predicted octanol–water partition coefficient (Wildman–Crippen LogP) is 2.72. The Hall–Kier alpha value is -1.43. The third-order valence-electron chi connectivity index (χ3n) is 4.95. The fourth-order valence-electron chi connectivity index (χ4n) is 3.51. The Morgan fingerprint density at radius 2 is 1.96 bits per heavy atom. The Morgan fingerprint density at radius 3 is 2.64 bits per heavy atom. The van der Waals surface area contributed by atoms with Gasteiger partial charge in [-0.2, -0.15) is 0 Å². The van der Waals surface area contributed by atoms with Gasteiger partial charge in [-0.15, -0.1) is 6.58 Å². The largest absolute Gasteiger partial charge is 0.473 e. The highest BCUT2D eigenvalue weighted by Crippen LogP contribution is 2.17. The summed E-state index contributed by atoms with van der Waals surface area (Å²) in [6.07, 6.45) is 8.70. The van der Waals surface area contributed by atoms with Gasteiger partial charge in [-0.25, -0.2) is 4.98 Å². The van der Waals surface area contributed by atoms with Crippen molar-refractivity contribution in [3.63, 3.8) is 0 Å². The second-order valence-electron chi connectivity index (χ2n) is 7.01. The molecule has 2 fully saturated rings. The minimum atomic E-state index is 0.189. The number of rotatable bonds is 9. The summed E-state index contributed by atoms with van der Waals surface area (Å²) in [6, 6.07) is 4.15. The van der Waals surface area contributed by atoms with E-state index in [1.54, 1.807) is 0 Å². The van der Waals surface area contributed by atoms with E-state index in [-0.39, 0.29) is 6.10 Å². The summed E-state index contributed by atoms with van der Waals surface area (Å²) in [5.41, 5.74) is 1.23. The van der Waals surface area contributed by atoms with Crippen LogP contribution in [0.2, 0.25) is 0 Å². The lowest BCUT2D eigenvalue weighted by Gasteiger charge is -2.26. The molecule has 5 heteroatoms. The van der Waals surface area contributed by atoms with Gasteiger partial charge in [-0.3, -0.25) is 9.80 Å². The van der Waals surface area contributed by atoms with Gasteiger partial charge in [-0.05, 0) is 44.3 Å². The Morgan fingerprint density at radius 1 is 1.16 bits per heavy atom. The average molecular weight is 345 g/mol. The van der Waals surface area contributed by atoms with Crippen molar-refractivity contribution < 1.29 is 9.47 Å². The molecule has 0 amide bonds. The van der Waals surface area contributed by atoms with Crippen molar-refractivity contribution in [3.05, 3.63) is 36.5 Å². The van der Waals surface area contributed by atoms with Crippen molar-refractivity contribution in [2.45, 2.75) is 38.3 Å². The zero-order valence-electron chi connectivity index (χ0n) is 15.2. The highest BCUT2D eigenvalue weighted by atomic mass is 16.5. The van der Waals surface area contributed by atoms with Crippen LogP contribution in [0, 0.1) is 0 Å². The van der Waals surface area contributed by atoms with Crippen LogP contribution in [-0.2, 0) is 11.3 Å². The smallest absolute Gasteiger partial charge is 0.213 e. The van der Waals surface area contributed by atoms with Crippen LogP contribution in [0.1, 0.15) is 31.2 Å². The lowest BCUT2D eigenvalue weighted by atomic mass is 10.2. The molecule has 2 saturated heterocycles. The minimum absolute atomic E-state index is 0.189. The van der Waals surface area contributed by atoms with Gasteiger partial charge in [0.05, 0.1) is 13.2 Å². The number of likely N-dealkylation sites (tertiary alicyclic amines) is 1. The monoisotopic (exact) mass is 345 g/mol. The lowest BCUT2D eigenvalue weighted by molar-refractivity contribution is 0.0341. The number of hydrogen-bond acceptors (Lipinski definition) is 5. The molecule has 0 bridgehead atoms. The molecule has 1 aromatic rings. The number of allylic oxidation sites excluding steroid dienone is 1. The number of morpholine rings is 1. The summed E-state index contributed by atoms with van der Waals surface area (Å²) in [5.74, 6) is 0.735. The Bertz CT molecular complexity index is 508. The van der Waals surface area contributed by atoms with E-state index in [1.807, 2.05) is 18.3 Å². The van der Waals surface area contributed by atoms with Gasteiger partial charge in [0.15, 0.2) is 0 Å². The fourth-order valence-corrected chi connectivity index (χ4v) is 3.51. The van der Waals surface area contributed by atoms with E-state index < -0.39 is 0 Å². The topological polar surface area (TPSA) is 37.8 Å². The summed E-state index contributed by atoms with van der Waals surface area (Å²) in [4.78, 5) is 9.45. The SMILES string of the molecule is C=CCC[C@@H](CN1CCCC1)Oc1ccc(CN2CCOCC2)cn1. The number of nitrogens with zero attached hydrogens (tertiary/aromatic N) is 3. The van der Waals surface area contributed by atoms with E-state index in [2.05, 4.69) is 27.4 Å². The molecule has 0 N–H and O–H groups in total. The molecule has 0 aliphatic carbocycles. The van der Waals surface area contributed by atoms with Gasteiger partial charge >= 0.3 is 0 Å². The molecule has 0 radical (unpaired) electrons. The molecule has 25 heavy (non-hydrogen) atoms. The number of pyridine rings is 1. The molecule has 0 spiro atoms. The summed E-state index contributed by atoms with van der Waals surface area (Å²) in [6.45, 7) is 11.8. The molecule has 1 atom stereocenters. The first kappa shape index (κ1) is 18.4. The number of hydrogen-bond donors (Lipinski definition) is 0. The van der Waals surface area contributed by atoms with Crippen molar-refractivity contribution >= 4 is 0 Å². The number of ether oxygens (including phenoxy) is 2. The Labute approximate surface area is 151 Å². The van der Waals surface area contributed by atoms with Gasteiger partial charge < -0.3 is 9.47 Å². The van der Waals surface area contributed by atoms with Crippen molar-refractivity contribution in [2.75, 3.05) is 45.9 Å². The molecule has 3 rings (SSSR count). The van der Waals surface area contributed by atoms with E-state index in [1.165, 1.54) is 31.5 Å². The van der Waals surface area contributed by atoms with E-state index in [4.69, 9.17) is 9.47 Å². The van der Waals surface area contributed by atoms with Gasteiger partial charge in [-0.1, -0.05) is 12.1 Å². The predicted molar refractivity (Wildman–Crippen MR) is 99.9 cm³/mol. The first-order chi connectivity index (χ1) is 12.3. The third kappa shape index (κ3) is 6.10. The third-order valence-corrected chi connectivity index (χ3v) is 4.95. The van der Waals surface area contributed by atoms with Crippen molar-refractivity contribution in [1.29, 1.82) is 0 Å². The van der Waals surface area contributed by atoms with E-state index in [0.29, 0.717) is 0 Å². The molecule has 0 aromatic carbocycles. The molecule has 3 heterocycles. The normalized spacial score (nSPS) is 20.5. The van der Waals surface area contributed by atoms with Crippen LogP contribution in [0.4, 0.5) is 0 Å². The quantitative estimate of drug-likeness (QED) is 0.644. The van der Waals surface area contributed by atoms with E-state index >= 15 is 0 Å². The zero-order valence-corrected chi connectivity index (χ0v) is 15.2. The van der Waals surface area contributed by atoms with Crippen LogP contribution in [0.3, 0.4) is 0 Å². The van der Waals surface area contributed by atoms with Crippen LogP contribution in [0.25, 0.3) is 0 Å². The standard InChI is InChI=1S/C20H31N3O2/c1-2-3-6-19(17-22-9-4-5-10-22)25-20-8-7-18(15-21-20)16-23-11-13-24-14-12-23/h2,7-8,15,19H,1,3-6,9-14,16-17H2/t19-/m0/s1. The zero-order chi connectivity index (χ0) is 17.3. The average Bonchev–Trinajstić information content (AvgIpc) is 3.15. The summed E-state index contributed by atoms with van der Waals surface area (Å²) in [7, 11) is 0. The molecular formula is C20H31N3O2. The summed E-state index contributed by atoms with van der Waals surface area (Å²) >= 11 is 0. The molecule has 0 saturated carbocycles. The van der Waals surface area contributed by atoms with Gasteiger partial charge in [0.1, 0.15) is 6.10 Å². The second kappa shape index (κ2) is 9.90. The molecule has 0 unspecified atom stereocenters. The highest BCUT2D eigenvalue weighted by Gasteiger charge is 2.19. The summed E-state index contributed by atoms with van der Waals surface area (Å²) in [5, 5.41) is 0. The van der Waals surface area contributed by atoms with Crippen molar-refractivity contribution in [2.24, 2.45) is 0 Å². The Kier molecular flexibility index (Phi) is 7.27. The molecule has 1 aromatic heterocycles. The molecule has 2 aliphatic rings. The van der Waals surface area contributed by atoms with Crippen LogP contribution in [-0.4, -0.2) is 66.8 Å². The van der Waals surface area contributed by atoms with Crippen LogP contribution < -0.4 is 4.74 Å². The van der Waals surface area contributed by atoms with Crippen LogP contribution >= 0.6 is 0 Å².